The van der Waals surface area contributed by atoms with Crippen LogP contribution >= 0.6 is 0 Å². The lowest BCUT2D eigenvalue weighted by Gasteiger charge is -2.32. The molecule has 0 fully saturated rings. The standard InChI is InChI=1S/C67H50N2/c1-67(2)63-35-21-20-34-60(63)61-41-40-56(46-64(61)67)69(54-31-16-7-17-32-54)58-43-52(42-57(45-58)68(53-29-14-6-15-30-53)55-38-36-48(37-39-55)47-22-8-3-9-23-47)66-62(49-24-10-4-11-25-49)44-51-28-18-19-33-59(51)65(66)50-26-12-5-13-27-50/h3-46H,1-2H3. The van der Waals surface area contributed by atoms with E-state index >= 15 is 0 Å². The van der Waals surface area contributed by atoms with Crippen LogP contribution in [-0.2, 0) is 5.41 Å². The van der Waals surface area contributed by atoms with Gasteiger partial charge in [0.1, 0.15) is 0 Å². The van der Waals surface area contributed by atoms with Crippen molar-refractivity contribution in [2.75, 3.05) is 9.80 Å². The molecule has 0 atom stereocenters. The molecule has 0 heterocycles. The van der Waals surface area contributed by atoms with Gasteiger partial charge in [0.05, 0.1) is 0 Å². The summed E-state index contributed by atoms with van der Waals surface area (Å²) < 4.78 is 0. The summed E-state index contributed by atoms with van der Waals surface area (Å²) in [6, 6.07) is 97.6. The first-order valence-electron chi connectivity index (χ1n) is 23.9. The van der Waals surface area contributed by atoms with E-state index in [-0.39, 0.29) is 5.41 Å². The highest BCUT2D eigenvalue weighted by molar-refractivity contribution is 6.10. The highest BCUT2D eigenvalue weighted by Gasteiger charge is 2.36. The monoisotopic (exact) mass is 882 g/mol. The third-order valence-corrected chi connectivity index (χ3v) is 14.0. The molecule has 0 bridgehead atoms. The van der Waals surface area contributed by atoms with E-state index in [4.69, 9.17) is 0 Å². The third-order valence-electron chi connectivity index (χ3n) is 14.0. The molecule has 0 aromatic heterocycles. The van der Waals surface area contributed by atoms with E-state index in [1.807, 2.05) is 0 Å². The average Bonchev–Trinajstić information content (AvgIpc) is 3.64. The van der Waals surface area contributed by atoms with Gasteiger partial charge in [-0.2, -0.15) is 0 Å². The summed E-state index contributed by atoms with van der Waals surface area (Å²) >= 11 is 0. The van der Waals surface area contributed by atoms with Crippen LogP contribution in [0, 0.1) is 0 Å². The molecule has 11 aromatic rings. The molecule has 0 N–H and O–H groups in total. The Morgan fingerprint density at radius 2 is 0.725 bits per heavy atom. The fourth-order valence-electron chi connectivity index (χ4n) is 10.7. The summed E-state index contributed by atoms with van der Waals surface area (Å²) in [7, 11) is 0. The van der Waals surface area contributed by atoms with E-state index < -0.39 is 0 Å². The Hall–Kier alpha value is -8.72. The second-order valence-corrected chi connectivity index (χ2v) is 18.5. The van der Waals surface area contributed by atoms with Crippen LogP contribution in [0.5, 0.6) is 0 Å². The Kier molecular flexibility index (Phi) is 10.6. The molecule has 0 amide bonds. The third kappa shape index (κ3) is 7.57. The lowest BCUT2D eigenvalue weighted by atomic mass is 9.82. The van der Waals surface area contributed by atoms with Crippen molar-refractivity contribution in [3.63, 3.8) is 0 Å². The fraction of sp³-hybridized carbons (Fsp3) is 0.0448. The smallest absolute Gasteiger partial charge is 0.0488 e. The largest absolute Gasteiger partial charge is 0.310 e. The molecule has 328 valence electrons. The van der Waals surface area contributed by atoms with E-state index in [2.05, 4.69) is 291 Å². The molecule has 0 unspecified atom stereocenters. The van der Waals surface area contributed by atoms with Gasteiger partial charge < -0.3 is 9.80 Å². The number of para-hydroxylation sites is 2. The number of hydrogen-bond acceptors (Lipinski definition) is 2. The first-order valence-corrected chi connectivity index (χ1v) is 23.9. The Balaban J connectivity index is 1.17. The van der Waals surface area contributed by atoms with Crippen molar-refractivity contribution < 1.29 is 0 Å². The van der Waals surface area contributed by atoms with E-state index in [0.29, 0.717) is 0 Å². The van der Waals surface area contributed by atoms with Gasteiger partial charge in [-0.1, -0.05) is 208 Å². The molecule has 0 saturated heterocycles. The van der Waals surface area contributed by atoms with Crippen LogP contribution in [0.3, 0.4) is 0 Å². The molecular formula is C67H50N2. The number of fused-ring (bicyclic) bond motifs is 4. The van der Waals surface area contributed by atoms with Gasteiger partial charge in [0.2, 0.25) is 0 Å². The summed E-state index contributed by atoms with van der Waals surface area (Å²) in [5.74, 6) is 0. The molecule has 12 rings (SSSR count). The maximum atomic E-state index is 2.46. The van der Waals surface area contributed by atoms with Crippen molar-refractivity contribution in [2.45, 2.75) is 19.3 Å². The minimum absolute atomic E-state index is 0.173. The SMILES string of the molecule is CC1(C)c2ccccc2-c2ccc(N(c3ccccc3)c3cc(-c4c(-c5ccccc5)cc5ccccc5c4-c4ccccc4)cc(N(c4ccccc4)c4ccc(-c5ccccc5)cc4)c3)cc21. The van der Waals surface area contributed by atoms with Crippen LogP contribution in [-0.4, -0.2) is 0 Å². The molecule has 0 saturated carbocycles. The van der Waals surface area contributed by atoms with Gasteiger partial charge in [0, 0.05) is 39.5 Å². The topological polar surface area (TPSA) is 6.48 Å². The normalized spacial score (nSPS) is 12.3. The van der Waals surface area contributed by atoms with E-state index in [1.54, 1.807) is 0 Å². The average molecular weight is 883 g/mol. The van der Waals surface area contributed by atoms with Crippen LogP contribution in [0.1, 0.15) is 25.0 Å². The summed E-state index contributed by atoms with van der Waals surface area (Å²) in [6.45, 7) is 4.73. The molecule has 0 radical (unpaired) electrons. The van der Waals surface area contributed by atoms with Crippen LogP contribution in [0.25, 0.3) is 66.4 Å². The minimum atomic E-state index is -0.173. The minimum Gasteiger partial charge on any atom is -0.310 e. The molecule has 2 nitrogen and oxygen atoms in total. The molecule has 0 aliphatic heterocycles. The van der Waals surface area contributed by atoms with Gasteiger partial charge >= 0.3 is 0 Å². The van der Waals surface area contributed by atoms with Gasteiger partial charge in [-0.25, -0.2) is 0 Å². The molecule has 0 spiro atoms. The summed E-state index contributed by atoms with van der Waals surface area (Å²) in [5, 5.41) is 2.41. The van der Waals surface area contributed by atoms with E-state index in [9.17, 15) is 0 Å². The van der Waals surface area contributed by atoms with Crippen molar-refractivity contribution in [2.24, 2.45) is 0 Å². The van der Waals surface area contributed by atoms with Crippen molar-refractivity contribution >= 4 is 44.9 Å². The Morgan fingerprint density at radius 3 is 1.36 bits per heavy atom. The zero-order valence-electron chi connectivity index (χ0n) is 38.8. The highest BCUT2D eigenvalue weighted by Crippen LogP contribution is 2.53. The zero-order chi connectivity index (χ0) is 46.3. The number of anilines is 6. The molecule has 69 heavy (non-hydrogen) atoms. The van der Waals surface area contributed by atoms with Crippen LogP contribution in [0.15, 0.2) is 267 Å². The van der Waals surface area contributed by atoms with E-state index in [1.165, 1.54) is 72.0 Å². The molecular weight excluding hydrogens is 833 g/mol. The summed E-state index contributed by atoms with van der Waals surface area (Å²) in [6.07, 6.45) is 0. The maximum Gasteiger partial charge on any atom is 0.0488 e. The van der Waals surface area contributed by atoms with Crippen LogP contribution in [0.2, 0.25) is 0 Å². The molecule has 1 aliphatic carbocycles. The Morgan fingerprint density at radius 1 is 0.261 bits per heavy atom. The van der Waals surface area contributed by atoms with Gasteiger partial charge in [-0.15, -0.1) is 0 Å². The summed E-state index contributed by atoms with van der Waals surface area (Å²) in [4.78, 5) is 4.87. The number of hydrogen-bond donors (Lipinski definition) is 0. The highest BCUT2D eigenvalue weighted by atomic mass is 15.2. The molecule has 2 heteroatoms. The van der Waals surface area contributed by atoms with Gasteiger partial charge in [0.25, 0.3) is 0 Å². The molecule has 11 aromatic carbocycles. The van der Waals surface area contributed by atoms with Gasteiger partial charge in [-0.05, 0) is 150 Å². The number of rotatable bonds is 10. The second kappa shape index (κ2) is 17.5. The quantitative estimate of drug-likeness (QED) is 0.135. The Bertz CT molecular complexity index is 3600. The number of benzene rings is 11. The van der Waals surface area contributed by atoms with Gasteiger partial charge in [0.15, 0.2) is 0 Å². The lowest BCUT2D eigenvalue weighted by molar-refractivity contribution is 0.660. The maximum absolute atomic E-state index is 2.46. The first-order chi connectivity index (χ1) is 34.0. The van der Waals surface area contributed by atoms with Crippen molar-refractivity contribution in [1.29, 1.82) is 0 Å². The van der Waals surface area contributed by atoms with Gasteiger partial charge in [-0.3, -0.25) is 0 Å². The second-order valence-electron chi connectivity index (χ2n) is 18.5. The van der Waals surface area contributed by atoms with E-state index in [0.717, 1.165) is 39.7 Å². The van der Waals surface area contributed by atoms with Crippen molar-refractivity contribution in [3.8, 4) is 55.6 Å². The first kappa shape index (κ1) is 41.7. The summed E-state index contributed by atoms with van der Waals surface area (Å²) in [5.41, 5.74) is 20.9. The zero-order valence-corrected chi connectivity index (χ0v) is 38.8. The predicted molar refractivity (Wildman–Crippen MR) is 293 cm³/mol. The Labute approximate surface area is 405 Å². The fourth-order valence-corrected chi connectivity index (χ4v) is 10.7. The van der Waals surface area contributed by atoms with Crippen molar-refractivity contribution in [3.05, 3.63) is 278 Å². The molecule has 1 aliphatic rings. The van der Waals surface area contributed by atoms with Crippen LogP contribution in [0.4, 0.5) is 34.1 Å². The predicted octanol–water partition coefficient (Wildman–Crippen LogP) is 18.8. The van der Waals surface area contributed by atoms with Crippen molar-refractivity contribution in [1.82, 2.24) is 0 Å². The number of nitrogens with zero attached hydrogens (tertiary/aromatic N) is 2. The lowest BCUT2D eigenvalue weighted by Crippen LogP contribution is -2.17. The van der Waals surface area contributed by atoms with Crippen LogP contribution < -0.4 is 9.80 Å².